The van der Waals surface area contributed by atoms with E-state index in [-0.39, 0.29) is 17.6 Å². The van der Waals surface area contributed by atoms with Crippen LogP contribution in [0.1, 0.15) is 27.7 Å². The van der Waals surface area contributed by atoms with Crippen molar-refractivity contribution in [3.05, 3.63) is 40.9 Å². The molecular weight excluding hydrogens is 314 g/mol. The lowest BCUT2D eigenvalue weighted by Crippen LogP contribution is -2.45. The molecule has 2 unspecified atom stereocenters. The first kappa shape index (κ1) is 15.3. The molecule has 20 heavy (non-hydrogen) atoms. The lowest BCUT2D eigenvalue weighted by Gasteiger charge is -2.34. The molecular formula is C17H22BrNO. The molecule has 0 amide bonds. The summed E-state index contributed by atoms with van der Waals surface area (Å²) in [6, 6.07) is 12.4. The van der Waals surface area contributed by atoms with Crippen LogP contribution in [0.25, 0.3) is 10.8 Å². The Morgan fingerprint density at radius 3 is 2.25 bits per heavy atom. The van der Waals surface area contributed by atoms with E-state index in [4.69, 9.17) is 10.5 Å². The summed E-state index contributed by atoms with van der Waals surface area (Å²) in [4.78, 5) is 0. The number of hydrogen-bond donors (Lipinski definition) is 1. The summed E-state index contributed by atoms with van der Waals surface area (Å²) in [6.45, 7) is 8.45. The molecule has 3 heteroatoms. The Hall–Kier alpha value is -1.06. The summed E-state index contributed by atoms with van der Waals surface area (Å²) in [5, 5.41) is 2.36. The SMILES string of the molecule is CC(N)C(Oc1ccc2cc(Br)ccc2c1)C(C)(C)C. The smallest absolute Gasteiger partial charge is 0.120 e. The molecule has 2 aromatic carbocycles. The topological polar surface area (TPSA) is 35.2 Å². The molecule has 2 aromatic rings. The Morgan fingerprint density at radius 2 is 1.65 bits per heavy atom. The number of rotatable bonds is 3. The zero-order valence-electron chi connectivity index (χ0n) is 12.5. The molecule has 0 radical (unpaired) electrons. The van der Waals surface area contributed by atoms with Crippen LogP contribution in [0.3, 0.4) is 0 Å². The van der Waals surface area contributed by atoms with Gasteiger partial charge in [0.05, 0.1) is 0 Å². The zero-order chi connectivity index (χ0) is 14.9. The third kappa shape index (κ3) is 3.53. The van der Waals surface area contributed by atoms with E-state index in [1.165, 1.54) is 10.8 Å². The van der Waals surface area contributed by atoms with Crippen molar-refractivity contribution in [2.45, 2.75) is 39.8 Å². The van der Waals surface area contributed by atoms with Crippen LogP contribution in [0, 0.1) is 5.41 Å². The van der Waals surface area contributed by atoms with Crippen LogP contribution in [-0.2, 0) is 0 Å². The van der Waals surface area contributed by atoms with Gasteiger partial charge in [-0.05, 0) is 42.0 Å². The van der Waals surface area contributed by atoms with Crippen LogP contribution in [-0.4, -0.2) is 12.1 Å². The van der Waals surface area contributed by atoms with Gasteiger partial charge in [-0.1, -0.05) is 48.8 Å². The van der Waals surface area contributed by atoms with Gasteiger partial charge in [0.15, 0.2) is 0 Å². The van der Waals surface area contributed by atoms with E-state index in [9.17, 15) is 0 Å². The van der Waals surface area contributed by atoms with Crippen molar-refractivity contribution in [2.75, 3.05) is 0 Å². The second-order valence-electron chi connectivity index (χ2n) is 6.42. The van der Waals surface area contributed by atoms with Gasteiger partial charge in [-0.15, -0.1) is 0 Å². The van der Waals surface area contributed by atoms with Gasteiger partial charge in [-0.25, -0.2) is 0 Å². The molecule has 0 aliphatic carbocycles. The Morgan fingerprint density at radius 1 is 1.05 bits per heavy atom. The molecule has 0 heterocycles. The lowest BCUT2D eigenvalue weighted by molar-refractivity contribution is 0.0686. The maximum Gasteiger partial charge on any atom is 0.120 e. The van der Waals surface area contributed by atoms with Gasteiger partial charge in [-0.2, -0.15) is 0 Å². The molecule has 0 saturated carbocycles. The standard InChI is InChI=1S/C17H22BrNO/c1-11(19)16(17(2,3)4)20-15-8-6-12-9-14(18)7-5-13(12)10-15/h5-11,16H,19H2,1-4H3. The van der Waals surface area contributed by atoms with Crippen LogP contribution in [0.15, 0.2) is 40.9 Å². The van der Waals surface area contributed by atoms with E-state index < -0.39 is 0 Å². The minimum atomic E-state index is -0.0181. The molecule has 2 atom stereocenters. The zero-order valence-corrected chi connectivity index (χ0v) is 14.1. The van der Waals surface area contributed by atoms with Gasteiger partial charge in [-0.3, -0.25) is 0 Å². The van der Waals surface area contributed by atoms with Gasteiger partial charge in [0.25, 0.3) is 0 Å². The summed E-state index contributed by atoms with van der Waals surface area (Å²) in [5.74, 6) is 0.872. The quantitative estimate of drug-likeness (QED) is 0.878. The summed E-state index contributed by atoms with van der Waals surface area (Å²) < 4.78 is 7.23. The van der Waals surface area contributed by atoms with Crippen LogP contribution >= 0.6 is 15.9 Å². The molecule has 0 fully saturated rings. The minimum Gasteiger partial charge on any atom is -0.488 e. The molecule has 0 aromatic heterocycles. The third-order valence-electron chi connectivity index (χ3n) is 3.37. The van der Waals surface area contributed by atoms with Crippen molar-refractivity contribution in [3.8, 4) is 5.75 Å². The fraction of sp³-hybridized carbons (Fsp3) is 0.412. The maximum absolute atomic E-state index is 6.14. The average Bonchev–Trinajstić information content (AvgIpc) is 2.34. The summed E-state index contributed by atoms with van der Waals surface area (Å²) >= 11 is 3.49. The lowest BCUT2D eigenvalue weighted by atomic mass is 9.85. The molecule has 0 saturated heterocycles. The van der Waals surface area contributed by atoms with E-state index in [0.29, 0.717) is 0 Å². The monoisotopic (exact) mass is 335 g/mol. The predicted octanol–water partition coefficient (Wildman–Crippen LogP) is 4.74. The molecule has 2 rings (SSSR count). The van der Waals surface area contributed by atoms with E-state index in [0.717, 1.165) is 10.2 Å². The number of halogens is 1. The summed E-state index contributed by atoms with van der Waals surface area (Å²) in [5.41, 5.74) is 6.07. The Kier molecular flexibility index (Phi) is 4.40. The van der Waals surface area contributed by atoms with Crippen LogP contribution in [0.2, 0.25) is 0 Å². The number of fused-ring (bicyclic) bond motifs is 1. The van der Waals surface area contributed by atoms with Gasteiger partial charge in [0, 0.05) is 15.9 Å². The first-order valence-electron chi connectivity index (χ1n) is 6.89. The number of ether oxygens (including phenoxy) is 1. The van der Waals surface area contributed by atoms with Crippen molar-refractivity contribution in [1.29, 1.82) is 0 Å². The van der Waals surface area contributed by atoms with E-state index in [2.05, 4.69) is 61.0 Å². The Balaban J connectivity index is 2.31. The van der Waals surface area contributed by atoms with Gasteiger partial charge < -0.3 is 10.5 Å². The van der Waals surface area contributed by atoms with Crippen LogP contribution < -0.4 is 10.5 Å². The summed E-state index contributed by atoms with van der Waals surface area (Å²) in [7, 11) is 0. The van der Waals surface area contributed by atoms with Crippen molar-refractivity contribution in [2.24, 2.45) is 11.1 Å². The Labute approximate surface area is 129 Å². The van der Waals surface area contributed by atoms with E-state index >= 15 is 0 Å². The number of nitrogens with two attached hydrogens (primary N) is 1. The molecule has 2 nitrogen and oxygen atoms in total. The highest BCUT2D eigenvalue weighted by atomic mass is 79.9. The minimum absolute atomic E-state index is 0.00282. The second kappa shape index (κ2) is 5.74. The number of benzene rings is 2. The highest BCUT2D eigenvalue weighted by molar-refractivity contribution is 9.10. The highest BCUT2D eigenvalue weighted by Crippen LogP contribution is 2.29. The normalized spacial score (nSPS) is 15.1. The van der Waals surface area contributed by atoms with Gasteiger partial charge in [0.2, 0.25) is 0 Å². The largest absolute Gasteiger partial charge is 0.488 e. The van der Waals surface area contributed by atoms with Crippen molar-refractivity contribution >= 4 is 26.7 Å². The fourth-order valence-electron chi connectivity index (χ4n) is 2.49. The highest BCUT2D eigenvalue weighted by Gasteiger charge is 2.29. The summed E-state index contributed by atoms with van der Waals surface area (Å²) in [6.07, 6.45) is -0.0181. The Bertz CT molecular complexity index is 601. The number of hydrogen-bond acceptors (Lipinski definition) is 2. The van der Waals surface area contributed by atoms with Crippen LogP contribution in [0.4, 0.5) is 0 Å². The molecule has 0 spiro atoms. The maximum atomic E-state index is 6.14. The van der Waals surface area contributed by atoms with E-state index in [1.54, 1.807) is 0 Å². The molecule has 0 aliphatic heterocycles. The van der Waals surface area contributed by atoms with E-state index in [1.807, 2.05) is 19.1 Å². The van der Waals surface area contributed by atoms with Crippen molar-refractivity contribution in [1.82, 2.24) is 0 Å². The second-order valence-corrected chi connectivity index (χ2v) is 7.33. The first-order chi connectivity index (χ1) is 9.27. The molecule has 108 valence electrons. The average molecular weight is 336 g/mol. The molecule has 2 N–H and O–H groups in total. The molecule has 0 aliphatic rings. The van der Waals surface area contributed by atoms with Crippen molar-refractivity contribution < 1.29 is 4.74 Å². The van der Waals surface area contributed by atoms with Gasteiger partial charge in [0.1, 0.15) is 11.9 Å². The predicted molar refractivity (Wildman–Crippen MR) is 89.2 cm³/mol. The molecule has 0 bridgehead atoms. The van der Waals surface area contributed by atoms with Gasteiger partial charge >= 0.3 is 0 Å². The van der Waals surface area contributed by atoms with Crippen molar-refractivity contribution in [3.63, 3.8) is 0 Å². The first-order valence-corrected chi connectivity index (χ1v) is 7.68. The third-order valence-corrected chi connectivity index (χ3v) is 3.86. The fourth-order valence-corrected chi connectivity index (χ4v) is 2.87. The van der Waals surface area contributed by atoms with Crippen LogP contribution in [0.5, 0.6) is 5.75 Å².